The number of benzene rings is 1. The van der Waals surface area contributed by atoms with Crippen LogP contribution in [0, 0.1) is 0 Å². The molecule has 1 aromatic carbocycles. The molecule has 0 unspecified atom stereocenters. The molecule has 0 amide bonds. The zero-order chi connectivity index (χ0) is 15.2. The molecular weight excluding hydrogens is 298 g/mol. The predicted octanol–water partition coefficient (Wildman–Crippen LogP) is 3.02. The second-order valence-electron chi connectivity index (χ2n) is 4.87. The van der Waals surface area contributed by atoms with Crippen molar-refractivity contribution in [1.29, 1.82) is 0 Å². The van der Waals surface area contributed by atoms with Crippen LogP contribution in [0.4, 0.5) is 0 Å². The number of nitrogens with zero attached hydrogens (tertiary/aromatic N) is 4. The molecule has 0 saturated carbocycles. The van der Waals surface area contributed by atoms with E-state index in [1.807, 2.05) is 30.3 Å². The molecule has 0 atom stereocenters. The fourth-order valence-electron chi connectivity index (χ4n) is 2.02. The van der Waals surface area contributed by atoms with Crippen molar-refractivity contribution in [3.8, 4) is 0 Å². The van der Waals surface area contributed by atoms with Crippen molar-refractivity contribution in [2.24, 2.45) is 0 Å². The summed E-state index contributed by atoms with van der Waals surface area (Å²) >= 11 is 1.49. The summed E-state index contributed by atoms with van der Waals surface area (Å²) in [4.78, 5) is 8.80. The molecule has 2 heterocycles. The number of aromatic nitrogens is 5. The van der Waals surface area contributed by atoms with Crippen molar-refractivity contribution >= 4 is 11.8 Å². The molecule has 6 nitrogen and oxygen atoms in total. The Bertz CT molecular complexity index is 710. The predicted molar refractivity (Wildman–Crippen MR) is 83.5 cm³/mol. The zero-order valence-corrected chi connectivity index (χ0v) is 13.1. The molecule has 0 radical (unpaired) electrons. The Morgan fingerprint density at radius 2 is 2.05 bits per heavy atom. The van der Waals surface area contributed by atoms with Crippen LogP contribution < -0.4 is 0 Å². The first-order valence-corrected chi connectivity index (χ1v) is 8.21. The molecule has 0 bridgehead atoms. The highest BCUT2D eigenvalue weighted by Crippen LogP contribution is 2.18. The van der Waals surface area contributed by atoms with Gasteiger partial charge in [0.2, 0.25) is 11.0 Å². The maximum absolute atomic E-state index is 5.27. The van der Waals surface area contributed by atoms with Gasteiger partial charge in [-0.05, 0) is 12.0 Å². The second-order valence-corrected chi connectivity index (χ2v) is 5.81. The summed E-state index contributed by atoms with van der Waals surface area (Å²) in [5.41, 5.74) is 1.17. The molecule has 0 fully saturated rings. The number of nitrogens with one attached hydrogen (secondary N) is 1. The fourth-order valence-corrected chi connectivity index (χ4v) is 2.67. The van der Waals surface area contributed by atoms with E-state index in [4.69, 9.17) is 4.52 Å². The van der Waals surface area contributed by atoms with Crippen molar-refractivity contribution in [2.75, 3.05) is 0 Å². The minimum atomic E-state index is 0.575. The number of rotatable bonds is 7. The smallest absolute Gasteiger partial charge is 0.237 e. The largest absolute Gasteiger partial charge is 0.338 e. The van der Waals surface area contributed by atoms with E-state index in [9.17, 15) is 0 Å². The van der Waals surface area contributed by atoms with E-state index in [2.05, 4.69) is 32.2 Å². The summed E-state index contributed by atoms with van der Waals surface area (Å²) in [6.45, 7) is 2.11. The summed E-state index contributed by atoms with van der Waals surface area (Å²) < 4.78 is 5.27. The highest BCUT2D eigenvalue weighted by molar-refractivity contribution is 7.98. The fraction of sp³-hybridized carbons (Fsp3) is 0.333. The van der Waals surface area contributed by atoms with Gasteiger partial charge in [-0.1, -0.05) is 54.2 Å². The van der Waals surface area contributed by atoms with Crippen molar-refractivity contribution in [3.05, 3.63) is 53.4 Å². The standard InChI is InChI=1S/C15H17N5OS/c1-2-6-12-17-15(19-18-12)22-10-14-16-13(20-21-14)9-11-7-4-3-5-8-11/h3-5,7-8H,2,6,9-10H2,1H3,(H,17,18,19). The van der Waals surface area contributed by atoms with E-state index in [0.717, 1.165) is 18.7 Å². The lowest BCUT2D eigenvalue weighted by molar-refractivity contribution is 0.385. The minimum absolute atomic E-state index is 0.575. The summed E-state index contributed by atoms with van der Waals surface area (Å²) in [6, 6.07) is 10.1. The van der Waals surface area contributed by atoms with Gasteiger partial charge in [-0.2, -0.15) is 4.98 Å². The van der Waals surface area contributed by atoms with Crippen LogP contribution >= 0.6 is 11.8 Å². The van der Waals surface area contributed by atoms with Gasteiger partial charge < -0.3 is 4.52 Å². The van der Waals surface area contributed by atoms with Gasteiger partial charge in [0.05, 0.1) is 5.75 Å². The molecule has 114 valence electrons. The third kappa shape index (κ3) is 3.94. The van der Waals surface area contributed by atoms with E-state index in [-0.39, 0.29) is 0 Å². The Labute approximate surface area is 132 Å². The first-order chi connectivity index (χ1) is 10.8. The van der Waals surface area contributed by atoms with Crippen LogP contribution in [0.3, 0.4) is 0 Å². The highest BCUT2D eigenvalue weighted by Gasteiger charge is 2.10. The monoisotopic (exact) mass is 315 g/mol. The Morgan fingerprint density at radius 3 is 2.86 bits per heavy atom. The number of aryl methyl sites for hydroxylation is 1. The summed E-state index contributed by atoms with van der Waals surface area (Å²) in [7, 11) is 0. The third-order valence-corrected chi connectivity index (χ3v) is 3.87. The second kappa shape index (κ2) is 7.22. The lowest BCUT2D eigenvalue weighted by Gasteiger charge is -1.94. The summed E-state index contributed by atoms with van der Waals surface area (Å²) in [5, 5.41) is 11.8. The highest BCUT2D eigenvalue weighted by atomic mass is 32.2. The molecule has 0 aliphatic heterocycles. The molecule has 7 heteroatoms. The number of aromatic amines is 1. The van der Waals surface area contributed by atoms with Crippen LogP contribution in [0.5, 0.6) is 0 Å². The van der Waals surface area contributed by atoms with Gasteiger partial charge in [-0.3, -0.25) is 5.10 Å². The average molecular weight is 315 g/mol. The topological polar surface area (TPSA) is 80.5 Å². The number of hydrogen-bond donors (Lipinski definition) is 1. The van der Waals surface area contributed by atoms with E-state index < -0.39 is 0 Å². The van der Waals surface area contributed by atoms with Crippen molar-refractivity contribution in [1.82, 2.24) is 25.3 Å². The maximum Gasteiger partial charge on any atom is 0.237 e. The average Bonchev–Trinajstić information content (AvgIpc) is 3.16. The maximum atomic E-state index is 5.27. The molecule has 3 aromatic rings. The number of H-pyrrole nitrogens is 1. The molecule has 2 aromatic heterocycles. The minimum Gasteiger partial charge on any atom is -0.338 e. The Hall–Kier alpha value is -2.15. The van der Waals surface area contributed by atoms with Crippen LogP contribution in [0.1, 0.15) is 36.4 Å². The Balaban J connectivity index is 1.55. The van der Waals surface area contributed by atoms with Crippen molar-refractivity contribution in [3.63, 3.8) is 0 Å². The zero-order valence-electron chi connectivity index (χ0n) is 12.3. The molecule has 1 N–H and O–H groups in total. The van der Waals surface area contributed by atoms with E-state index >= 15 is 0 Å². The van der Waals surface area contributed by atoms with Gasteiger partial charge >= 0.3 is 0 Å². The Morgan fingerprint density at radius 1 is 1.18 bits per heavy atom. The lowest BCUT2D eigenvalue weighted by atomic mass is 10.1. The van der Waals surface area contributed by atoms with E-state index in [0.29, 0.717) is 29.0 Å². The molecule has 0 aliphatic carbocycles. The Kier molecular flexibility index (Phi) is 4.85. The van der Waals surface area contributed by atoms with Crippen LogP contribution in [-0.2, 0) is 18.6 Å². The first-order valence-electron chi connectivity index (χ1n) is 7.23. The molecular formula is C15H17N5OS. The number of hydrogen-bond acceptors (Lipinski definition) is 6. The molecule has 0 spiro atoms. The van der Waals surface area contributed by atoms with Gasteiger partial charge in [-0.15, -0.1) is 5.10 Å². The first kappa shape index (κ1) is 14.8. The third-order valence-electron chi connectivity index (χ3n) is 3.04. The number of thioether (sulfide) groups is 1. The van der Waals surface area contributed by atoms with Crippen LogP contribution in [0.15, 0.2) is 40.0 Å². The summed E-state index contributed by atoms with van der Waals surface area (Å²) in [6.07, 6.45) is 2.64. The van der Waals surface area contributed by atoms with Gasteiger partial charge in [0, 0.05) is 12.8 Å². The van der Waals surface area contributed by atoms with E-state index in [1.54, 1.807) is 0 Å². The molecule has 0 aliphatic rings. The SMILES string of the molecule is CCCc1nc(SCc2nc(Cc3ccccc3)no2)n[nH]1. The van der Waals surface area contributed by atoms with Gasteiger partial charge in [0.1, 0.15) is 5.82 Å². The lowest BCUT2D eigenvalue weighted by Crippen LogP contribution is -1.90. The normalized spacial score (nSPS) is 11.0. The summed E-state index contributed by atoms with van der Waals surface area (Å²) in [5.74, 6) is 2.78. The van der Waals surface area contributed by atoms with Crippen molar-refractivity contribution in [2.45, 2.75) is 37.1 Å². The van der Waals surface area contributed by atoms with Gasteiger partial charge in [0.15, 0.2) is 5.82 Å². The van der Waals surface area contributed by atoms with Gasteiger partial charge in [-0.25, -0.2) is 4.98 Å². The van der Waals surface area contributed by atoms with E-state index in [1.165, 1.54) is 17.3 Å². The molecule has 22 heavy (non-hydrogen) atoms. The van der Waals surface area contributed by atoms with Gasteiger partial charge in [0.25, 0.3) is 0 Å². The quantitative estimate of drug-likeness (QED) is 0.675. The molecule has 0 saturated heterocycles. The molecule has 3 rings (SSSR count). The van der Waals surface area contributed by atoms with Crippen molar-refractivity contribution < 1.29 is 4.52 Å². The van der Waals surface area contributed by atoms with Crippen LogP contribution in [-0.4, -0.2) is 25.3 Å². The van der Waals surface area contributed by atoms with Crippen LogP contribution in [0.25, 0.3) is 0 Å². The van der Waals surface area contributed by atoms with Crippen LogP contribution in [0.2, 0.25) is 0 Å².